The number of ketones is 1. The van der Waals surface area contributed by atoms with Crippen molar-refractivity contribution in [2.75, 3.05) is 7.11 Å². The summed E-state index contributed by atoms with van der Waals surface area (Å²) in [6, 6.07) is 7.71. The van der Waals surface area contributed by atoms with Crippen molar-refractivity contribution in [1.29, 1.82) is 0 Å². The first kappa shape index (κ1) is 13.6. The summed E-state index contributed by atoms with van der Waals surface area (Å²) in [5, 5.41) is 10.3. The van der Waals surface area contributed by atoms with E-state index in [1.807, 2.05) is 36.4 Å². The highest BCUT2D eigenvalue weighted by atomic mass is 16.5. The zero-order valence-corrected chi connectivity index (χ0v) is 11.0. The largest absolute Gasteiger partial charge is 0.496 e. The van der Waals surface area contributed by atoms with Gasteiger partial charge in [-0.3, -0.25) is 4.79 Å². The molecule has 1 aliphatic carbocycles. The van der Waals surface area contributed by atoms with Gasteiger partial charge in [0.15, 0.2) is 5.78 Å². The molecule has 0 fully saturated rings. The lowest BCUT2D eigenvalue weighted by atomic mass is 9.87. The van der Waals surface area contributed by atoms with Gasteiger partial charge in [-0.25, -0.2) is 0 Å². The molecule has 0 aliphatic heterocycles. The van der Waals surface area contributed by atoms with E-state index in [9.17, 15) is 9.90 Å². The second-order valence-electron chi connectivity index (χ2n) is 4.75. The number of carbonyl (C=O) groups excluding carboxylic acids is 1. The van der Waals surface area contributed by atoms with E-state index in [1.54, 1.807) is 13.2 Å². The SMILES string of the molecule is COc1ccccc1/C=C/C[C@]1(O)C=CC(=O)CC1. The summed E-state index contributed by atoms with van der Waals surface area (Å²) < 4.78 is 5.25. The molecule has 0 bridgehead atoms. The first-order valence-electron chi connectivity index (χ1n) is 6.37. The van der Waals surface area contributed by atoms with Crippen molar-refractivity contribution in [3.63, 3.8) is 0 Å². The molecule has 0 saturated carbocycles. The van der Waals surface area contributed by atoms with Crippen molar-refractivity contribution in [2.24, 2.45) is 0 Å². The van der Waals surface area contributed by atoms with E-state index in [4.69, 9.17) is 4.74 Å². The van der Waals surface area contributed by atoms with Gasteiger partial charge >= 0.3 is 0 Å². The molecule has 0 saturated heterocycles. The van der Waals surface area contributed by atoms with Crippen molar-refractivity contribution < 1.29 is 14.6 Å². The number of aliphatic hydroxyl groups is 1. The molecule has 100 valence electrons. The highest BCUT2D eigenvalue weighted by Gasteiger charge is 2.26. The molecule has 0 heterocycles. The van der Waals surface area contributed by atoms with Crippen LogP contribution in [0.15, 0.2) is 42.5 Å². The maximum Gasteiger partial charge on any atom is 0.155 e. The summed E-state index contributed by atoms with van der Waals surface area (Å²) in [5.74, 6) is 0.887. The molecule has 0 radical (unpaired) electrons. The standard InChI is InChI=1S/C16H18O3/c1-19-15-7-3-2-5-13(15)6-4-10-16(18)11-8-14(17)9-12-16/h2-8,11,18H,9-10,12H2,1H3/b6-4+/t16-/m0/s1. The van der Waals surface area contributed by atoms with Crippen LogP contribution in [0.3, 0.4) is 0 Å². The Morgan fingerprint density at radius 2 is 2.21 bits per heavy atom. The molecule has 1 aromatic rings. The van der Waals surface area contributed by atoms with Crippen LogP contribution in [0.25, 0.3) is 6.08 Å². The lowest BCUT2D eigenvalue weighted by Crippen LogP contribution is -2.29. The molecule has 0 spiro atoms. The molecule has 1 atom stereocenters. The van der Waals surface area contributed by atoms with E-state index in [-0.39, 0.29) is 5.78 Å². The Hall–Kier alpha value is -1.87. The van der Waals surface area contributed by atoms with Crippen LogP contribution in [0.1, 0.15) is 24.8 Å². The van der Waals surface area contributed by atoms with Gasteiger partial charge < -0.3 is 9.84 Å². The summed E-state index contributed by atoms with van der Waals surface area (Å²) in [5.41, 5.74) is 0.0800. The number of hydrogen-bond acceptors (Lipinski definition) is 3. The number of benzene rings is 1. The van der Waals surface area contributed by atoms with Crippen LogP contribution in [0.5, 0.6) is 5.75 Å². The second kappa shape index (κ2) is 5.85. The van der Waals surface area contributed by atoms with Crippen LogP contribution in [0, 0.1) is 0 Å². The maximum absolute atomic E-state index is 11.1. The first-order chi connectivity index (χ1) is 9.13. The van der Waals surface area contributed by atoms with Gasteiger partial charge in [-0.15, -0.1) is 0 Å². The fourth-order valence-electron chi connectivity index (χ4n) is 2.12. The van der Waals surface area contributed by atoms with Gasteiger partial charge in [0.05, 0.1) is 12.7 Å². The summed E-state index contributed by atoms with van der Waals surface area (Å²) in [6.45, 7) is 0. The van der Waals surface area contributed by atoms with Crippen LogP contribution in [-0.4, -0.2) is 23.6 Å². The Kier molecular flexibility index (Phi) is 4.17. The summed E-state index contributed by atoms with van der Waals surface area (Å²) in [7, 11) is 1.63. The molecular formula is C16H18O3. The van der Waals surface area contributed by atoms with Gasteiger partial charge in [-0.05, 0) is 31.1 Å². The number of hydrogen-bond donors (Lipinski definition) is 1. The van der Waals surface area contributed by atoms with Crippen LogP contribution in [0.2, 0.25) is 0 Å². The second-order valence-corrected chi connectivity index (χ2v) is 4.75. The highest BCUT2D eigenvalue weighted by Crippen LogP contribution is 2.25. The first-order valence-corrected chi connectivity index (χ1v) is 6.37. The van der Waals surface area contributed by atoms with Crippen molar-refractivity contribution >= 4 is 11.9 Å². The molecule has 0 aromatic heterocycles. The molecule has 19 heavy (non-hydrogen) atoms. The third-order valence-corrected chi connectivity index (χ3v) is 3.29. The minimum absolute atomic E-state index is 0.0818. The normalized spacial score (nSPS) is 22.9. The Bertz CT molecular complexity index is 516. The van der Waals surface area contributed by atoms with Crippen LogP contribution in [0.4, 0.5) is 0 Å². The van der Waals surface area contributed by atoms with Crippen LogP contribution in [-0.2, 0) is 4.79 Å². The average molecular weight is 258 g/mol. The number of methoxy groups -OCH3 is 1. The zero-order chi connectivity index (χ0) is 13.7. The van der Waals surface area contributed by atoms with E-state index in [2.05, 4.69) is 0 Å². The predicted molar refractivity (Wildman–Crippen MR) is 75.0 cm³/mol. The van der Waals surface area contributed by atoms with Crippen molar-refractivity contribution in [3.8, 4) is 5.75 Å². The highest BCUT2D eigenvalue weighted by molar-refractivity contribution is 5.90. The van der Waals surface area contributed by atoms with E-state index in [0.717, 1.165) is 11.3 Å². The van der Waals surface area contributed by atoms with Gasteiger partial charge in [-0.1, -0.05) is 30.4 Å². The average Bonchev–Trinajstić information content (AvgIpc) is 2.43. The monoisotopic (exact) mass is 258 g/mol. The molecule has 0 unspecified atom stereocenters. The van der Waals surface area contributed by atoms with Gasteiger partial charge in [0, 0.05) is 12.0 Å². The van der Waals surface area contributed by atoms with Gasteiger partial charge in [0.2, 0.25) is 0 Å². The molecular weight excluding hydrogens is 240 g/mol. The minimum Gasteiger partial charge on any atom is -0.496 e. The molecule has 3 heteroatoms. The molecule has 1 aliphatic rings. The van der Waals surface area contributed by atoms with E-state index in [0.29, 0.717) is 19.3 Å². The third kappa shape index (κ3) is 3.55. The topological polar surface area (TPSA) is 46.5 Å². The number of allylic oxidation sites excluding steroid dienone is 1. The smallest absolute Gasteiger partial charge is 0.155 e. The summed E-state index contributed by atoms with van der Waals surface area (Å²) >= 11 is 0. The summed E-state index contributed by atoms with van der Waals surface area (Å²) in [4.78, 5) is 11.1. The predicted octanol–water partition coefficient (Wildman–Crippen LogP) is 2.75. The lowest BCUT2D eigenvalue weighted by Gasteiger charge is -2.25. The number of rotatable bonds is 4. The van der Waals surface area contributed by atoms with Crippen molar-refractivity contribution in [2.45, 2.75) is 24.9 Å². The Balaban J connectivity index is 2.04. The van der Waals surface area contributed by atoms with Gasteiger partial charge in [0.25, 0.3) is 0 Å². The van der Waals surface area contributed by atoms with Gasteiger partial charge in [-0.2, -0.15) is 0 Å². The Labute approximate surface area is 113 Å². The van der Waals surface area contributed by atoms with Crippen LogP contribution >= 0.6 is 0 Å². The maximum atomic E-state index is 11.1. The molecule has 2 rings (SSSR count). The molecule has 3 nitrogen and oxygen atoms in total. The Morgan fingerprint density at radius 3 is 2.89 bits per heavy atom. The fraction of sp³-hybridized carbons (Fsp3) is 0.312. The number of ether oxygens (including phenoxy) is 1. The lowest BCUT2D eigenvalue weighted by molar-refractivity contribution is -0.116. The minimum atomic E-state index is -0.896. The van der Waals surface area contributed by atoms with E-state index >= 15 is 0 Å². The zero-order valence-electron chi connectivity index (χ0n) is 11.0. The van der Waals surface area contributed by atoms with E-state index in [1.165, 1.54) is 6.08 Å². The number of para-hydroxylation sites is 1. The molecule has 1 N–H and O–H groups in total. The summed E-state index contributed by atoms with van der Waals surface area (Å²) in [6.07, 6.45) is 8.31. The third-order valence-electron chi connectivity index (χ3n) is 3.29. The molecule has 0 amide bonds. The number of carbonyl (C=O) groups is 1. The van der Waals surface area contributed by atoms with Crippen LogP contribution < -0.4 is 4.74 Å². The van der Waals surface area contributed by atoms with Crippen molar-refractivity contribution in [1.82, 2.24) is 0 Å². The van der Waals surface area contributed by atoms with Crippen molar-refractivity contribution in [3.05, 3.63) is 48.1 Å². The fourth-order valence-corrected chi connectivity index (χ4v) is 2.12. The quantitative estimate of drug-likeness (QED) is 0.903. The van der Waals surface area contributed by atoms with E-state index < -0.39 is 5.60 Å². The Morgan fingerprint density at radius 1 is 1.42 bits per heavy atom. The molecule has 1 aromatic carbocycles. The van der Waals surface area contributed by atoms with Gasteiger partial charge in [0.1, 0.15) is 5.75 Å².